The zero-order valence-electron chi connectivity index (χ0n) is 6.46. The van der Waals surface area contributed by atoms with Gasteiger partial charge in [0, 0.05) is 11.9 Å². The Hall–Kier alpha value is -1.18. The van der Waals surface area contributed by atoms with E-state index in [9.17, 15) is 0 Å². The average Bonchev–Trinajstić information content (AvgIpc) is 2.07. The summed E-state index contributed by atoms with van der Waals surface area (Å²) < 4.78 is 0. The molecule has 1 heterocycles. The van der Waals surface area contributed by atoms with Crippen LogP contribution >= 0.6 is 0 Å². The van der Waals surface area contributed by atoms with Crippen molar-refractivity contribution >= 4 is 6.21 Å². The first-order valence-electron chi connectivity index (χ1n) is 3.82. The molecule has 11 heavy (non-hydrogen) atoms. The van der Waals surface area contributed by atoms with E-state index in [1.54, 1.807) is 6.20 Å². The highest BCUT2D eigenvalue weighted by atomic mass is 14.7. The Morgan fingerprint density at radius 3 is 3.00 bits per heavy atom. The summed E-state index contributed by atoms with van der Waals surface area (Å²) >= 11 is 0. The summed E-state index contributed by atoms with van der Waals surface area (Å²) in [5.74, 6) is 0. The molecule has 0 saturated heterocycles. The molecule has 0 amide bonds. The van der Waals surface area contributed by atoms with Gasteiger partial charge in [0.15, 0.2) is 0 Å². The fourth-order valence-corrected chi connectivity index (χ4v) is 0.931. The molecular formula is C9H12N2. The van der Waals surface area contributed by atoms with Crippen molar-refractivity contribution < 1.29 is 0 Å². The average molecular weight is 148 g/mol. The summed E-state index contributed by atoms with van der Waals surface area (Å²) in [7, 11) is 0. The molecule has 0 bridgehead atoms. The van der Waals surface area contributed by atoms with Gasteiger partial charge in [-0.2, -0.15) is 0 Å². The van der Waals surface area contributed by atoms with Crippen LogP contribution in [0, 0.1) is 5.41 Å². The van der Waals surface area contributed by atoms with E-state index in [0.717, 1.165) is 25.0 Å². The Balaban J connectivity index is 2.33. The Morgan fingerprint density at radius 2 is 2.36 bits per heavy atom. The minimum Gasteiger partial charge on any atom is -0.313 e. The molecule has 0 atom stereocenters. The molecule has 0 aliphatic rings. The number of aryl methyl sites for hydroxylation is 1. The van der Waals surface area contributed by atoms with Crippen LogP contribution in [-0.4, -0.2) is 11.2 Å². The molecule has 1 aromatic rings. The molecule has 1 N–H and O–H groups in total. The van der Waals surface area contributed by atoms with Gasteiger partial charge in [-0.15, -0.1) is 0 Å². The predicted octanol–water partition coefficient (Wildman–Crippen LogP) is 2.05. The van der Waals surface area contributed by atoms with Crippen molar-refractivity contribution in [2.45, 2.75) is 19.3 Å². The quantitative estimate of drug-likeness (QED) is 0.515. The fraction of sp³-hybridized carbons (Fsp3) is 0.333. The van der Waals surface area contributed by atoms with Gasteiger partial charge in [-0.25, -0.2) is 0 Å². The van der Waals surface area contributed by atoms with Crippen LogP contribution < -0.4 is 0 Å². The number of nitrogens with one attached hydrogen (secondary N) is 1. The lowest BCUT2D eigenvalue weighted by Gasteiger charge is -1.95. The van der Waals surface area contributed by atoms with Crippen molar-refractivity contribution in [1.29, 1.82) is 5.41 Å². The zero-order chi connectivity index (χ0) is 7.94. The Morgan fingerprint density at radius 1 is 1.45 bits per heavy atom. The van der Waals surface area contributed by atoms with Crippen LogP contribution in [0.4, 0.5) is 0 Å². The summed E-state index contributed by atoms with van der Waals surface area (Å²) in [5, 5.41) is 6.82. The van der Waals surface area contributed by atoms with E-state index in [-0.39, 0.29) is 0 Å². The van der Waals surface area contributed by atoms with Crippen molar-refractivity contribution in [3.63, 3.8) is 0 Å². The van der Waals surface area contributed by atoms with Crippen LogP contribution in [0.15, 0.2) is 24.4 Å². The molecule has 0 fully saturated rings. The number of unbranched alkanes of at least 4 members (excludes halogenated alkanes) is 1. The third-order valence-corrected chi connectivity index (χ3v) is 1.51. The molecule has 1 aromatic heterocycles. The van der Waals surface area contributed by atoms with Crippen molar-refractivity contribution in [3.05, 3.63) is 30.1 Å². The fourth-order valence-electron chi connectivity index (χ4n) is 0.931. The van der Waals surface area contributed by atoms with Gasteiger partial charge in [-0.1, -0.05) is 6.07 Å². The highest BCUT2D eigenvalue weighted by molar-refractivity contribution is 5.52. The number of pyridine rings is 1. The smallest absolute Gasteiger partial charge is 0.0403 e. The topological polar surface area (TPSA) is 36.7 Å². The minimum absolute atomic E-state index is 0.858. The number of rotatable bonds is 4. The van der Waals surface area contributed by atoms with Crippen molar-refractivity contribution in [2.24, 2.45) is 0 Å². The molecule has 58 valence electrons. The van der Waals surface area contributed by atoms with E-state index in [0.29, 0.717) is 0 Å². The molecule has 0 spiro atoms. The van der Waals surface area contributed by atoms with Gasteiger partial charge in [-0.3, -0.25) is 4.98 Å². The summed E-state index contributed by atoms with van der Waals surface area (Å²) in [6.45, 7) is 0. The predicted molar refractivity (Wildman–Crippen MR) is 46.0 cm³/mol. The number of aromatic nitrogens is 1. The van der Waals surface area contributed by atoms with Gasteiger partial charge in [0.2, 0.25) is 0 Å². The SMILES string of the molecule is N=CCCCc1ccccn1. The number of hydrogen-bond acceptors (Lipinski definition) is 2. The lowest BCUT2D eigenvalue weighted by molar-refractivity contribution is 0.842. The second-order valence-electron chi connectivity index (χ2n) is 2.42. The first-order chi connectivity index (χ1) is 5.43. The second kappa shape index (κ2) is 4.61. The maximum absolute atomic E-state index is 6.82. The summed E-state index contributed by atoms with van der Waals surface area (Å²) in [5.41, 5.74) is 1.12. The molecule has 0 radical (unpaired) electrons. The Labute approximate surface area is 66.8 Å². The number of nitrogens with zero attached hydrogens (tertiary/aromatic N) is 1. The van der Waals surface area contributed by atoms with E-state index < -0.39 is 0 Å². The van der Waals surface area contributed by atoms with Gasteiger partial charge in [0.25, 0.3) is 0 Å². The molecule has 0 aromatic carbocycles. The number of hydrogen-bond donors (Lipinski definition) is 1. The van der Waals surface area contributed by atoms with Gasteiger partial charge in [-0.05, 0) is 37.6 Å². The minimum atomic E-state index is 0.858. The monoisotopic (exact) mass is 148 g/mol. The first kappa shape index (κ1) is 7.92. The zero-order valence-corrected chi connectivity index (χ0v) is 6.46. The van der Waals surface area contributed by atoms with Crippen LogP contribution in [0.2, 0.25) is 0 Å². The maximum atomic E-state index is 6.82. The highest BCUT2D eigenvalue weighted by Gasteiger charge is 1.90. The molecular weight excluding hydrogens is 136 g/mol. The van der Waals surface area contributed by atoms with Gasteiger partial charge < -0.3 is 5.41 Å². The van der Waals surface area contributed by atoms with Crippen LogP contribution in [0.1, 0.15) is 18.5 Å². The van der Waals surface area contributed by atoms with Crippen LogP contribution in [0.25, 0.3) is 0 Å². The molecule has 2 heteroatoms. The highest BCUT2D eigenvalue weighted by Crippen LogP contribution is 1.99. The van der Waals surface area contributed by atoms with E-state index in [1.807, 2.05) is 18.2 Å². The molecule has 2 nitrogen and oxygen atoms in total. The molecule has 0 aliphatic heterocycles. The van der Waals surface area contributed by atoms with Gasteiger partial charge in [0.1, 0.15) is 0 Å². The van der Waals surface area contributed by atoms with Crippen molar-refractivity contribution in [2.75, 3.05) is 0 Å². The van der Waals surface area contributed by atoms with Crippen LogP contribution in [0.3, 0.4) is 0 Å². The lowest BCUT2D eigenvalue weighted by Crippen LogP contribution is -1.88. The van der Waals surface area contributed by atoms with E-state index in [2.05, 4.69) is 4.98 Å². The normalized spacial score (nSPS) is 9.45. The van der Waals surface area contributed by atoms with E-state index in [4.69, 9.17) is 5.41 Å². The summed E-state index contributed by atoms with van der Waals surface area (Å²) in [6, 6.07) is 5.93. The first-order valence-corrected chi connectivity index (χ1v) is 3.82. The van der Waals surface area contributed by atoms with Gasteiger partial charge >= 0.3 is 0 Å². The second-order valence-corrected chi connectivity index (χ2v) is 2.42. The lowest BCUT2D eigenvalue weighted by atomic mass is 10.2. The van der Waals surface area contributed by atoms with E-state index in [1.165, 1.54) is 6.21 Å². The van der Waals surface area contributed by atoms with Crippen molar-refractivity contribution in [3.8, 4) is 0 Å². The van der Waals surface area contributed by atoms with Crippen LogP contribution in [0.5, 0.6) is 0 Å². The van der Waals surface area contributed by atoms with Crippen LogP contribution in [-0.2, 0) is 6.42 Å². The van der Waals surface area contributed by atoms with Crippen molar-refractivity contribution in [1.82, 2.24) is 4.98 Å². The third kappa shape index (κ3) is 2.94. The molecule has 0 saturated carbocycles. The molecule has 0 unspecified atom stereocenters. The largest absolute Gasteiger partial charge is 0.313 e. The Kier molecular flexibility index (Phi) is 3.32. The van der Waals surface area contributed by atoms with Gasteiger partial charge in [0.05, 0.1) is 0 Å². The standard InChI is InChI=1S/C9H12N2/c10-7-3-1-5-9-6-2-4-8-11-9/h2,4,6-8,10H,1,3,5H2. The van der Waals surface area contributed by atoms with E-state index >= 15 is 0 Å². The summed E-state index contributed by atoms with van der Waals surface area (Å²) in [6.07, 6.45) is 6.12. The summed E-state index contributed by atoms with van der Waals surface area (Å²) in [4.78, 5) is 4.18. The molecule has 1 rings (SSSR count). The third-order valence-electron chi connectivity index (χ3n) is 1.51. The molecule has 0 aliphatic carbocycles. The Bertz CT molecular complexity index is 206. The maximum Gasteiger partial charge on any atom is 0.0403 e.